The smallest absolute Gasteiger partial charge is 0.244 e. The Morgan fingerprint density at radius 1 is 1.16 bits per heavy atom. The van der Waals surface area contributed by atoms with Crippen LogP contribution in [0, 0.1) is 0 Å². The van der Waals surface area contributed by atoms with E-state index in [4.69, 9.17) is 10.5 Å². The molecule has 19 heavy (non-hydrogen) atoms. The second kappa shape index (κ2) is 5.91. The van der Waals surface area contributed by atoms with Crippen LogP contribution in [-0.2, 0) is 4.79 Å². The second-order valence-corrected chi connectivity index (χ2v) is 4.12. The quantitative estimate of drug-likeness (QED) is 0.863. The molecule has 2 aromatic rings. The van der Waals surface area contributed by atoms with Gasteiger partial charge in [-0.2, -0.15) is 0 Å². The van der Waals surface area contributed by atoms with Gasteiger partial charge in [0.15, 0.2) is 0 Å². The van der Waals surface area contributed by atoms with Crippen molar-refractivity contribution in [3.63, 3.8) is 0 Å². The molecular weight excluding hydrogens is 240 g/mol. The van der Waals surface area contributed by atoms with E-state index in [1.165, 1.54) is 0 Å². The molecule has 0 saturated heterocycles. The molecule has 0 aromatic heterocycles. The number of nitrogens with two attached hydrogens (primary N) is 1. The minimum atomic E-state index is -0.562. The number of hydrogen-bond acceptors (Lipinski definition) is 3. The molecule has 0 fully saturated rings. The molecule has 0 radical (unpaired) electrons. The zero-order valence-corrected chi connectivity index (χ0v) is 10.7. The number of amides is 1. The molecule has 2 aromatic carbocycles. The standard InChI is InChI=1S/C15H16N2O2/c1-19-13-9-5-8-12(10-13)17-14(15(16)18)11-6-3-2-4-7-11/h2-10,14,17H,1H3,(H2,16,18). The molecule has 3 N–H and O–H groups in total. The molecule has 0 bridgehead atoms. The van der Waals surface area contributed by atoms with Crippen molar-refractivity contribution in [2.24, 2.45) is 5.73 Å². The van der Waals surface area contributed by atoms with Gasteiger partial charge in [-0.05, 0) is 17.7 Å². The number of carbonyl (C=O) groups excluding carboxylic acids is 1. The van der Waals surface area contributed by atoms with Crippen molar-refractivity contribution in [3.8, 4) is 5.75 Å². The molecule has 0 aliphatic rings. The van der Waals surface area contributed by atoms with Gasteiger partial charge < -0.3 is 15.8 Å². The van der Waals surface area contributed by atoms with Gasteiger partial charge in [0.25, 0.3) is 0 Å². The number of rotatable bonds is 5. The fraction of sp³-hybridized carbons (Fsp3) is 0.133. The number of primary amides is 1. The van der Waals surface area contributed by atoms with Crippen LogP contribution >= 0.6 is 0 Å². The van der Waals surface area contributed by atoms with E-state index in [2.05, 4.69) is 5.32 Å². The van der Waals surface area contributed by atoms with Gasteiger partial charge in [0.1, 0.15) is 11.8 Å². The van der Waals surface area contributed by atoms with Crippen molar-refractivity contribution in [2.45, 2.75) is 6.04 Å². The summed E-state index contributed by atoms with van der Waals surface area (Å²) in [6.07, 6.45) is 0. The Morgan fingerprint density at radius 2 is 1.89 bits per heavy atom. The first-order chi connectivity index (χ1) is 9.20. The zero-order chi connectivity index (χ0) is 13.7. The Hall–Kier alpha value is -2.49. The first-order valence-corrected chi connectivity index (χ1v) is 5.95. The number of ether oxygens (including phenoxy) is 1. The summed E-state index contributed by atoms with van der Waals surface area (Å²) in [5.41, 5.74) is 7.07. The van der Waals surface area contributed by atoms with Crippen LogP contribution in [0.4, 0.5) is 5.69 Å². The predicted molar refractivity (Wildman–Crippen MR) is 75.0 cm³/mol. The van der Waals surface area contributed by atoms with Crippen LogP contribution < -0.4 is 15.8 Å². The molecule has 0 aliphatic carbocycles. The first kappa shape index (κ1) is 13.0. The number of carbonyl (C=O) groups is 1. The van der Waals surface area contributed by atoms with Gasteiger partial charge >= 0.3 is 0 Å². The lowest BCUT2D eigenvalue weighted by Gasteiger charge is -2.17. The van der Waals surface area contributed by atoms with Crippen LogP contribution in [0.15, 0.2) is 54.6 Å². The highest BCUT2D eigenvalue weighted by Gasteiger charge is 2.17. The van der Waals surface area contributed by atoms with Crippen molar-refractivity contribution < 1.29 is 9.53 Å². The number of nitrogens with one attached hydrogen (secondary N) is 1. The Morgan fingerprint density at radius 3 is 2.53 bits per heavy atom. The van der Waals surface area contributed by atoms with Crippen molar-refractivity contribution in [1.82, 2.24) is 0 Å². The summed E-state index contributed by atoms with van der Waals surface area (Å²) in [6, 6.07) is 16.2. The molecule has 98 valence electrons. The molecule has 4 nitrogen and oxygen atoms in total. The fourth-order valence-corrected chi connectivity index (χ4v) is 1.84. The average Bonchev–Trinajstić information content (AvgIpc) is 2.45. The highest BCUT2D eigenvalue weighted by molar-refractivity contribution is 5.84. The Bertz CT molecular complexity index is 555. The van der Waals surface area contributed by atoms with Gasteiger partial charge in [-0.3, -0.25) is 4.79 Å². The van der Waals surface area contributed by atoms with Gasteiger partial charge in [-0.1, -0.05) is 36.4 Å². The van der Waals surface area contributed by atoms with Gasteiger partial charge in [0.05, 0.1) is 7.11 Å². The minimum Gasteiger partial charge on any atom is -0.497 e. The zero-order valence-electron chi connectivity index (χ0n) is 10.7. The largest absolute Gasteiger partial charge is 0.497 e. The van der Waals surface area contributed by atoms with Crippen LogP contribution in [0.5, 0.6) is 5.75 Å². The minimum absolute atomic E-state index is 0.422. The third-order valence-corrected chi connectivity index (χ3v) is 2.80. The van der Waals surface area contributed by atoms with Gasteiger partial charge in [-0.25, -0.2) is 0 Å². The van der Waals surface area contributed by atoms with E-state index in [0.717, 1.165) is 17.0 Å². The number of anilines is 1. The maximum absolute atomic E-state index is 11.6. The summed E-state index contributed by atoms with van der Waals surface area (Å²) in [7, 11) is 1.60. The van der Waals surface area contributed by atoms with Crippen LogP contribution in [0.2, 0.25) is 0 Å². The van der Waals surface area contributed by atoms with Crippen molar-refractivity contribution >= 4 is 11.6 Å². The molecule has 1 amide bonds. The topological polar surface area (TPSA) is 64.3 Å². The highest BCUT2D eigenvalue weighted by atomic mass is 16.5. The van der Waals surface area contributed by atoms with Crippen LogP contribution in [0.3, 0.4) is 0 Å². The fourth-order valence-electron chi connectivity index (χ4n) is 1.84. The van der Waals surface area contributed by atoms with Crippen LogP contribution in [0.1, 0.15) is 11.6 Å². The first-order valence-electron chi connectivity index (χ1n) is 5.95. The summed E-state index contributed by atoms with van der Waals surface area (Å²) < 4.78 is 5.15. The molecule has 4 heteroatoms. The van der Waals surface area contributed by atoms with Crippen molar-refractivity contribution in [1.29, 1.82) is 0 Å². The summed E-state index contributed by atoms with van der Waals surface area (Å²) in [5, 5.41) is 3.11. The molecule has 2 rings (SSSR count). The average molecular weight is 256 g/mol. The maximum atomic E-state index is 11.6. The molecule has 0 saturated carbocycles. The van der Waals surface area contributed by atoms with E-state index in [9.17, 15) is 4.79 Å². The van der Waals surface area contributed by atoms with Crippen molar-refractivity contribution in [2.75, 3.05) is 12.4 Å². The number of hydrogen-bond donors (Lipinski definition) is 2. The van der Waals surface area contributed by atoms with E-state index in [1.807, 2.05) is 54.6 Å². The molecule has 1 unspecified atom stereocenters. The Labute approximate surface area is 112 Å². The number of benzene rings is 2. The normalized spacial score (nSPS) is 11.6. The van der Waals surface area contributed by atoms with E-state index in [-0.39, 0.29) is 0 Å². The molecular formula is C15H16N2O2. The Kier molecular flexibility index (Phi) is 4.03. The van der Waals surface area contributed by atoms with Gasteiger partial charge in [-0.15, -0.1) is 0 Å². The predicted octanol–water partition coefficient (Wildman–Crippen LogP) is 2.33. The van der Waals surface area contributed by atoms with Crippen molar-refractivity contribution in [3.05, 3.63) is 60.2 Å². The third kappa shape index (κ3) is 3.25. The molecule has 0 heterocycles. The SMILES string of the molecule is COc1cccc(NC(C(N)=O)c2ccccc2)c1. The Balaban J connectivity index is 2.24. The lowest BCUT2D eigenvalue weighted by molar-refractivity contribution is -0.118. The summed E-state index contributed by atoms with van der Waals surface area (Å²) in [6.45, 7) is 0. The molecule has 0 spiro atoms. The summed E-state index contributed by atoms with van der Waals surface area (Å²) in [4.78, 5) is 11.6. The lowest BCUT2D eigenvalue weighted by atomic mass is 10.1. The monoisotopic (exact) mass is 256 g/mol. The van der Waals surface area contributed by atoms with Crippen LogP contribution in [-0.4, -0.2) is 13.0 Å². The van der Waals surface area contributed by atoms with E-state index < -0.39 is 11.9 Å². The van der Waals surface area contributed by atoms with Gasteiger partial charge in [0, 0.05) is 11.8 Å². The lowest BCUT2D eigenvalue weighted by Crippen LogP contribution is -2.27. The third-order valence-electron chi connectivity index (χ3n) is 2.80. The second-order valence-electron chi connectivity index (χ2n) is 4.12. The van der Waals surface area contributed by atoms with E-state index in [1.54, 1.807) is 7.11 Å². The highest BCUT2D eigenvalue weighted by Crippen LogP contribution is 2.22. The summed E-state index contributed by atoms with van der Waals surface area (Å²) >= 11 is 0. The number of methoxy groups -OCH3 is 1. The van der Waals surface area contributed by atoms with Gasteiger partial charge in [0.2, 0.25) is 5.91 Å². The maximum Gasteiger partial charge on any atom is 0.244 e. The summed E-state index contributed by atoms with van der Waals surface area (Å²) in [5.74, 6) is 0.301. The van der Waals surface area contributed by atoms with E-state index >= 15 is 0 Å². The molecule has 0 aliphatic heterocycles. The van der Waals surface area contributed by atoms with E-state index in [0.29, 0.717) is 0 Å². The van der Waals surface area contributed by atoms with Crippen LogP contribution in [0.25, 0.3) is 0 Å². The molecule has 1 atom stereocenters.